The summed E-state index contributed by atoms with van der Waals surface area (Å²) in [5.41, 5.74) is 0.275. The van der Waals surface area contributed by atoms with Crippen molar-refractivity contribution in [3.63, 3.8) is 0 Å². The van der Waals surface area contributed by atoms with Gasteiger partial charge in [0.2, 0.25) is 0 Å². The summed E-state index contributed by atoms with van der Waals surface area (Å²) < 4.78 is 0. The zero-order valence-electron chi connectivity index (χ0n) is 9.37. The van der Waals surface area contributed by atoms with Crippen molar-refractivity contribution in [1.82, 2.24) is 4.90 Å². The number of nitrogens with zero attached hydrogens (tertiary/aromatic N) is 1. The molecule has 0 spiro atoms. The highest BCUT2D eigenvalue weighted by Gasteiger charge is 2.37. The van der Waals surface area contributed by atoms with Gasteiger partial charge in [0.25, 0.3) is 0 Å². The van der Waals surface area contributed by atoms with Crippen molar-refractivity contribution >= 4 is 22.9 Å². The lowest BCUT2D eigenvalue weighted by Crippen LogP contribution is -2.25. The summed E-state index contributed by atoms with van der Waals surface area (Å²) in [7, 11) is 0. The van der Waals surface area contributed by atoms with Crippen molar-refractivity contribution in [2.45, 2.75) is 25.6 Å². The van der Waals surface area contributed by atoms with Crippen LogP contribution in [0.2, 0.25) is 0 Å². The van der Waals surface area contributed by atoms with E-state index in [1.165, 1.54) is 4.88 Å². The Kier molecular flexibility index (Phi) is 3.39. The number of likely N-dealkylation sites (tertiary alicyclic amines) is 1. The van der Waals surface area contributed by atoms with Gasteiger partial charge in [-0.3, -0.25) is 0 Å². The van der Waals surface area contributed by atoms with E-state index in [0.717, 1.165) is 26.1 Å². The molecule has 0 radical (unpaired) electrons. The van der Waals surface area contributed by atoms with Crippen LogP contribution in [0.1, 0.15) is 18.7 Å². The molecule has 1 aromatic rings. The molecule has 0 aliphatic carbocycles. The molecule has 0 saturated carbocycles. The zero-order chi connectivity index (χ0) is 10.9. The van der Waals surface area contributed by atoms with Crippen molar-refractivity contribution in [3.8, 4) is 0 Å². The number of thiophene rings is 1. The van der Waals surface area contributed by atoms with Gasteiger partial charge in [0.1, 0.15) is 0 Å². The SMILES string of the molecule is CC1(C)CN(CCc2cccs2)CC1Cl. The van der Waals surface area contributed by atoms with Crippen molar-refractivity contribution in [1.29, 1.82) is 0 Å². The molecule has 0 aromatic carbocycles. The monoisotopic (exact) mass is 243 g/mol. The average molecular weight is 244 g/mol. The Morgan fingerprint density at radius 1 is 1.60 bits per heavy atom. The maximum absolute atomic E-state index is 6.32. The highest BCUT2D eigenvalue weighted by molar-refractivity contribution is 7.09. The topological polar surface area (TPSA) is 3.24 Å². The predicted molar refractivity (Wildman–Crippen MR) is 67.9 cm³/mol. The molecule has 15 heavy (non-hydrogen) atoms. The summed E-state index contributed by atoms with van der Waals surface area (Å²) >= 11 is 8.17. The van der Waals surface area contributed by atoms with Gasteiger partial charge < -0.3 is 4.90 Å². The standard InChI is InChI=1S/C12H18ClNS/c1-12(2)9-14(8-11(12)13)6-5-10-4-3-7-15-10/h3-4,7,11H,5-6,8-9H2,1-2H3. The second-order valence-corrected chi connectivity index (χ2v) is 6.58. The molecule has 1 aliphatic rings. The number of rotatable bonds is 3. The van der Waals surface area contributed by atoms with E-state index in [9.17, 15) is 0 Å². The third-order valence-electron chi connectivity index (χ3n) is 3.15. The molecule has 1 saturated heterocycles. The molecular weight excluding hydrogens is 226 g/mol. The van der Waals surface area contributed by atoms with Crippen LogP contribution in [0, 0.1) is 5.41 Å². The van der Waals surface area contributed by atoms with E-state index in [1.807, 2.05) is 11.3 Å². The van der Waals surface area contributed by atoms with Crippen molar-refractivity contribution in [2.24, 2.45) is 5.41 Å². The van der Waals surface area contributed by atoms with Crippen LogP contribution in [-0.2, 0) is 6.42 Å². The maximum Gasteiger partial charge on any atom is 0.0526 e. The number of alkyl halides is 1. The van der Waals surface area contributed by atoms with Crippen molar-refractivity contribution < 1.29 is 0 Å². The van der Waals surface area contributed by atoms with Crippen LogP contribution in [0.3, 0.4) is 0 Å². The first-order valence-electron chi connectivity index (χ1n) is 5.47. The van der Waals surface area contributed by atoms with Gasteiger partial charge >= 0.3 is 0 Å². The van der Waals surface area contributed by atoms with Crippen LogP contribution in [0.15, 0.2) is 17.5 Å². The Balaban J connectivity index is 1.83. The van der Waals surface area contributed by atoms with Crippen molar-refractivity contribution in [3.05, 3.63) is 22.4 Å². The second-order valence-electron chi connectivity index (χ2n) is 5.02. The molecule has 0 N–H and O–H groups in total. The van der Waals surface area contributed by atoms with E-state index in [2.05, 4.69) is 36.3 Å². The minimum atomic E-state index is 0.275. The minimum absolute atomic E-state index is 0.275. The van der Waals surface area contributed by atoms with Gasteiger partial charge in [-0.25, -0.2) is 0 Å². The van der Waals surface area contributed by atoms with E-state index in [1.54, 1.807) is 0 Å². The lowest BCUT2D eigenvalue weighted by atomic mass is 9.92. The lowest BCUT2D eigenvalue weighted by Gasteiger charge is -2.20. The molecule has 3 heteroatoms. The molecule has 1 aliphatic heterocycles. The largest absolute Gasteiger partial charge is 0.301 e. The van der Waals surface area contributed by atoms with Gasteiger partial charge in [-0.15, -0.1) is 22.9 Å². The van der Waals surface area contributed by atoms with Gasteiger partial charge in [0.15, 0.2) is 0 Å². The molecule has 1 atom stereocenters. The van der Waals surface area contributed by atoms with Gasteiger partial charge in [-0.2, -0.15) is 0 Å². The molecule has 1 fully saturated rings. The van der Waals surface area contributed by atoms with Gasteiger partial charge in [-0.05, 0) is 23.3 Å². The van der Waals surface area contributed by atoms with Gasteiger partial charge in [0.05, 0.1) is 5.38 Å². The summed E-state index contributed by atoms with van der Waals surface area (Å²) in [6.45, 7) is 7.84. The molecule has 1 aromatic heterocycles. The summed E-state index contributed by atoms with van der Waals surface area (Å²) in [5.74, 6) is 0. The molecule has 84 valence electrons. The Bertz CT molecular complexity index is 307. The smallest absolute Gasteiger partial charge is 0.0526 e. The van der Waals surface area contributed by atoms with Gasteiger partial charge in [0, 0.05) is 24.5 Å². The molecular formula is C12H18ClNS. The number of halogens is 1. The Morgan fingerprint density at radius 2 is 2.40 bits per heavy atom. The number of hydrogen-bond donors (Lipinski definition) is 0. The molecule has 2 rings (SSSR count). The normalized spacial score (nSPS) is 25.9. The molecule has 0 amide bonds. The molecule has 0 bridgehead atoms. The highest BCUT2D eigenvalue weighted by atomic mass is 35.5. The van der Waals surface area contributed by atoms with Crippen LogP contribution in [-0.4, -0.2) is 29.9 Å². The lowest BCUT2D eigenvalue weighted by molar-refractivity contribution is 0.295. The molecule has 1 nitrogen and oxygen atoms in total. The highest BCUT2D eigenvalue weighted by Crippen LogP contribution is 2.33. The third kappa shape index (κ3) is 2.74. The van der Waals surface area contributed by atoms with E-state index < -0.39 is 0 Å². The average Bonchev–Trinajstić information content (AvgIpc) is 2.72. The quantitative estimate of drug-likeness (QED) is 0.737. The Morgan fingerprint density at radius 3 is 2.93 bits per heavy atom. The first-order valence-corrected chi connectivity index (χ1v) is 6.78. The Labute approximate surface area is 101 Å². The zero-order valence-corrected chi connectivity index (χ0v) is 10.9. The van der Waals surface area contributed by atoms with E-state index in [-0.39, 0.29) is 5.41 Å². The van der Waals surface area contributed by atoms with Crippen LogP contribution in [0.5, 0.6) is 0 Å². The molecule has 2 heterocycles. The summed E-state index contributed by atoms with van der Waals surface area (Å²) in [6, 6.07) is 4.34. The first kappa shape index (κ1) is 11.4. The Hall–Kier alpha value is -0.0500. The predicted octanol–water partition coefficient (Wildman–Crippen LogP) is 3.24. The van der Waals surface area contributed by atoms with E-state index in [0.29, 0.717) is 5.38 Å². The van der Waals surface area contributed by atoms with E-state index in [4.69, 9.17) is 11.6 Å². The summed E-state index contributed by atoms with van der Waals surface area (Å²) in [6.07, 6.45) is 1.16. The van der Waals surface area contributed by atoms with Gasteiger partial charge in [-0.1, -0.05) is 19.9 Å². The van der Waals surface area contributed by atoms with E-state index >= 15 is 0 Å². The van der Waals surface area contributed by atoms with Crippen LogP contribution < -0.4 is 0 Å². The summed E-state index contributed by atoms with van der Waals surface area (Å²) in [5, 5.41) is 2.45. The first-order chi connectivity index (χ1) is 7.08. The van der Waals surface area contributed by atoms with Crippen LogP contribution in [0.25, 0.3) is 0 Å². The maximum atomic E-state index is 6.32. The molecule has 1 unspecified atom stereocenters. The fraction of sp³-hybridized carbons (Fsp3) is 0.667. The number of hydrogen-bond acceptors (Lipinski definition) is 2. The third-order valence-corrected chi connectivity index (χ3v) is 4.82. The second kappa shape index (κ2) is 4.44. The minimum Gasteiger partial charge on any atom is -0.301 e. The van der Waals surface area contributed by atoms with Crippen LogP contribution in [0.4, 0.5) is 0 Å². The summed E-state index contributed by atoms with van der Waals surface area (Å²) in [4.78, 5) is 3.96. The fourth-order valence-corrected chi connectivity index (χ4v) is 3.07. The fourth-order valence-electron chi connectivity index (χ4n) is 2.11. The van der Waals surface area contributed by atoms with Crippen LogP contribution >= 0.6 is 22.9 Å². The van der Waals surface area contributed by atoms with Crippen molar-refractivity contribution in [2.75, 3.05) is 19.6 Å².